The SMILES string of the molecule is c1ccc(-c2nc(-c3cccc(-c4ccc5oc6ccncc6c5c4)c3)cc(-c3ccc4c(c3)C3c5ccccc5C4c4cc(-c5cc(-c6cccc(-c7ccc8oc9ccncc9c8c7)c6)nc(-c6ccccc6)n5)ccc43)n2)cc1. The number of hydrogen-bond donors (Lipinski definition) is 0. The molecule has 0 fully saturated rings. The molecule has 15 aromatic rings. The Morgan fingerprint density at radius 3 is 1.05 bits per heavy atom. The van der Waals surface area contributed by atoms with Crippen LogP contribution in [0, 0.1) is 0 Å². The van der Waals surface area contributed by atoms with Gasteiger partial charge in [-0.1, -0.05) is 158 Å². The first-order valence-electron chi connectivity index (χ1n) is 27.6. The van der Waals surface area contributed by atoms with Gasteiger partial charge >= 0.3 is 0 Å². The number of nitrogens with zero attached hydrogens (tertiary/aromatic N) is 6. The summed E-state index contributed by atoms with van der Waals surface area (Å²) in [5.41, 5.74) is 25.0. The monoisotopic (exact) mass is 1050 g/mol. The number of aromatic nitrogens is 6. The lowest BCUT2D eigenvalue weighted by Crippen LogP contribution is -2.27. The van der Waals surface area contributed by atoms with Crippen LogP contribution in [0.5, 0.6) is 0 Å². The molecule has 0 aliphatic heterocycles. The average Bonchev–Trinajstić information content (AvgIpc) is 1.31. The molecule has 2 unspecified atom stereocenters. The van der Waals surface area contributed by atoms with Crippen LogP contribution in [0.25, 0.3) is 134 Å². The Balaban J connectivity index is 0.754. The van der Waals surface area contributed by atoms with Crippen molar-refractivity contribution in [1.82, 2.24) is 29.9 Å². The van der Waals surface area contributed by atoms with Crippen LogP contribution in [0.4, 0.5) is 0 Å². The molecular formula is C74H44N6O2. The molecule has 2 atom stereocenters. The molecule has 382 valence electrons. The molecule has 6 heterocycles. The first-order valence-corrected chi connectivity index (χ1v) is 27.6. The molecule has 3 aliphatic carbocycles. The number of benzene rings is 9. The van der Waals surface area contributed by atoms with Gasteiger partial charge in [-0.15, -0.1) is 0 Å². The van der Waals surface area contributed by atoms with Crippen molar-refractivity contribution in [2.45, 2.75) is 11.8 Å². The molecular weight excluding hydrogens is 1000 g/mol. The Bertz CT molecular complexity index is 4770. The first kappa shape index (κ1) is 46.0. The highest BCUT2D eigenvalue weighted by Gasteiger charge is 2.41. The first-order chi connectivity index (χ1) is 40.6. The molecule has 82 heavy (non-hydrogen) atoms. The average molecular weight is 1050 g/mol. The molecule has 0 saturated carbocycles. The van der Waals surface area contributed by atoms with Gasteiger partial charge < -0.3 is 8.83 Å². The third-order valence-electron chi connectivity index (χ3n) is 16.7. The summed E-state index contributed by atoms with van der Waals surface area (Å²) >= 11 is 0. The van der Waals surface area contributed by atoms with Gasteiger partial charge in [-0.05, 0) is 128 Å². The predicted octanol–water partition coefficient (Wildman–Crippen LogP) is 18.2. The zero-order valence-corrected chi connectivity index (χ0v) is 43.9. The molecule has 2 bridgehead atoms. The van der Waals surface area contributed by atoms with E-state index in [1.807, 2.05) is 73.1 Å². The quantitative estimate of drug-likeness (QED) is 0.148. The summed E-state index contributed by atoms with van der Waals surface area (Å²) in [5.74, 6) is 1.39. The standard InChI is InChI=1S/C74H44N6O2/c1-3-11-43(12-4-1)73-77-63(49-17-9-15-45(33-49)47-23-27-67-57(35-47)61-41-75-31-29-69(61)81-67)39-65(79-73)51-21-25-55-59(37-51)71-53-19-7-8-20-54(53)72(55)60-38-52(22-26-56(60)71)66-40-64(78-74(80-66)44-13-5-2-6-14-44)50-18-10-16-46(34-50)48-24-28-68-58(36-48)62-42-76-32-30-70(62)82-68/h1-42,71-72H. The smallest absolute Gasteiger partial charge is 0.160 e. The van der Waals surface area contributed by atoms with E-state index < -0.39 is 0 Å². The molecule has 0 amide bonds. The van der Waals surface area contributed by atoms with E-state index in [1.165, 1.54) is 33.4 Å². The van der Waals surface area contributed by atoms with Crippen molar-refractivity contribution in [2.24, 2.45) is 0 Å². The van der Waals surface area contributed by atoms with E-state index in [2.05, 4.69) is 180 Å². The van der Waals surface area contributed by atoms with Gasteiger partial charge in [-0.2, -0.15) is 0 Å². The third kappa shape index (κ3) is 7.53. The van der Waals surface area contributed by atoms with Gasteiger partial charge in [0.2, 0.25) is 0 Å². The van der Waals surface area contributed by atoms with E-state index in [0.29, 0.717) is 11.6 Å². The number of rotatable bonds is 8. The summed E-state index contributed by atoms with van der Waals surface area (Å²) in [7, 11) is 0. The highest BCUT2D eigenvalue weighted by molar-refractivity contribution is 6.07. The van der Waals surface area contributed by atoms with Gasteiger partial charge in [-0.3, -0.25) is 9.97 Å². The summed E-state index contributed by atoms with van der Waals surface area (Å²) in [6.07, 6.45) is 7.28. The Morgan fingerprint density at radius 1 is 0.244 bits per heavy atom. The fourth-order valence-corrected chi connectivity index (χ4v) is 12.8. The van der Waals surface area contributed by atoms with Crippen LogP contribution in [0.1, 0.15) is 45.2 Å². The second-order valence-corrected chi connectivity index (χ2v) is 21.4. The van der Waals surface area contributed by atoms with Crippen LogP contribution in [-0.4, -0.2) is 29.9 Å². The predicted molar refractivity (Wildman–Crippen MR) is 326 cm³/mol. The van der Waals surface area contributed by atoms with Crippen molar-refractivity contribution in [1.29, 1.82) is 0 Å². The largest absolute Gasteiger partial charge is 0.456 e. The van der Waals surface area contributed by atoms with Crippen LogP contribution in [0.15, 0.2) is 264 Å². The summed E-state index contributed by atoms with van der Waals surface area (Å²) in [4.78, 5) is 30.0. The molecule has 9 aromatic carbocycles. The maximum atomic E-state index is 6.15. The molecule has 3 aliphatic rings. The van der Waals surface area contributed by atoms with Gasteiger partial charge in [0.05, 0.1) is 22.8 Å². The Hall–Kier alpha value is -11.0. The summed E-state index contributed by atoms with van der Waals surface area (Å²) < 4.78 is 12.3. The summed E-state index contributed by atoms with van der Waals surface area (Å²) in [6.45, 7) is 0. The minimum absolute atomic E-state index is 0.0198. The third-order valence-corrected chi connectivity index (χ3v) is 16.7. The number of furan rings is 2. The van der Waals surface area contributed by atoms with E-state index >= 15 is 0 Å². The van der Waals surface area contributed by atoms with Crippen molar-refractivity contribution in [2.75, 3.05) is 0 Å². The van der Waals surface area contributed by atoms with Crippen LogP contribution in [0.2, 0.25) is 0 Å². The molecule has 0 radical (unpaired) electrons. The summed E-state index contributed by atoms with van der Waals surface area (Å²) in [5, 5.41) is 4.08. The lowest BCUT2D eigenvalue weighted by atomic mass is 9.60. The number of hydrogen-bond acceptors (Lipinski definition) is 8. The molecule has 8 heteroatoms. The highest BCUT2D eigenvalue weighted by Crippen LogP contribution is 2.57. The minimum atomic E-state index is 0.0198. The van der Waals surface area contributed by atoms with Gasteiger partial charge in [0.25, 0.3) is 0 Å². The number of pyridine rings is 2. The zero-order chi connectivity index (χ0) is 53.8. The summed E-state index contributed by atoms with van der Waals surface area (Å²) in [6, 6.07) is 81.6. The fraction of sp³-hybridized carbons (Fsp3) is 0.0270. The Kier molecular flexibility index (Phi) is 10.3. The van der Waals surface area contributed by atoms with E-state index in [1.54, 1.807) is 12.4 Å². The van der Waals surface area contributed by atoms with Crippen molar-refractivity contribution in [3.8, 4) is 90.1 Å². The van der Waals surface area contributed by atoms with E-state index in [0.717, 1.165) is 122 Å². The Morgan fingerprint density at radius 2 is 0.598 bits per heavy atom. The van der Waals surface area contributed by atoms with Gasteiger partial charge in [0.15, 0.2) is 11.6 Å². The lowest BCUT2D eigenvalue weighted by molar-refractivity contribution is 0.668. The molecule has 0 spiro atoms. The van der Waals surface area contributed by atoms with Crippen molar-refractivity contribution >= 4 is 43.9 Å². The second kappa shape index (κ2) is 18.3. The maximum absolute atomic E-state index is 6.15. The highest BCUT2D eigenvalue weighted by atomic mass is 16.3. The van der Waals surface area contributed by atoms with Gasteiger partial charge in [0.1, 0.15) is 22.3 Å². The maximum Gasteiger partial charge on any atom is 0.160 e. The Labute approximate surface area is 470 Å². The fourth-order valence-electron chi connectivity index (χ4n) is 12.8. The number of fused-ring (bicyclic) bond motifs is 6. The molecule has 8 nitrogen and oxygen atoms in total. The lowest BCUT2D eigenvalue weighted by Gasteiger charge is -2.42. The topological polar surface area (TPSA) is 104 Å². The van der Waals surface area contributed by atoms with Gasteiger partial charge in [-0.25, -0.2) is 19.9 Å². The molecule has 6 aromatic heterocycles. The van der Waals surface area contributed by atoms with Gasteiger partial charge in [0, 0.05) is 91.5 Å². The normalized spacial score (nSPS) is 14.1. The van der Waals surface area contributed by atoms with Crippen molar-refractivity contribution < 1.29 is 8.83 Å². The van der Waals surface area contributed by atoms with Crippen LogP contribution in [0.3, 0.4) is 0 Å². The van der Waals surface area contributed by atoms with E-state index in [9.17, 15) is 0 Å². The second-order valence-electron chi connectivity index (χ2n) is 21.4. The minimum Gasteiger partial charge on any atom is -0.456 e. The molecule has 0 N–H and O–H groups in total. The van der Waals surface area contributed by atoms with E-state index in [-0.39, 0.29) is 11.8 Å². The van der Waals surface area contributed by atoms with Crippen molar-refractivity contribution in [3.63, 3.8) is 0 Å². The van der Waals surface area contributed by atoms with Crippen LogP contribution >= 0.6 is 0 Å². The van der Waals surface area contributed by atoms with Crippen LogP contribution < -0.4 is 0 Å². The van der Waals surface area contributed by atoms with E-state index in [4.69, 9.17) is 28.8 Å². The zero-order valence-electron chi connectivity index (χ0n) is 43.9. The molecule has 18 rings (SSSR count). The molecule has 0 saturated heterocycles. The van der Waals surface area contributed by atoms with Crippen molar-refractivity contribution in [3.05, 3.63) is 289 Å². The van der Waals surface area contributed by atoms with Crippen LogP contribution in [-0.2, 0) is 0 Å².